The predicted octanol–water partition coefficient (Wildman–Crippen LogP) is 4.89. The highest BCUT2D eigenvalue weighted by molar-refractivity contribution is 5.75. The average Bonchev–Trinajstić information content (AvgIpc) is 2.67. The van der Waals surface area contributed by atoms with Crippen molar-refractivity contribution >= 4 is 11.4 Å². The van der Waals surface area contributed by atoms with Crippen LogP contribution >= 0.6 is 0 Å². The standard InChI is InChI=1S/C19H13FN2O5/c20-17-10-16(18(21(23)24)11-19(17)22(25)26)14-8-6-13(7-9-14)12-27-15-4-2-1-3-5-15/h1-11H,12H2. The van der Waals surface area contributed by atoms with Crippen LogP contribution in [0.3, 0.4) is 0 Å². The zero-order valence-electron chi connectivity index (χ0n) is 13.9. The predicted molar refractivity (Wildman–Crippen MR) is 95.9 cm³/mol. The van der Waals surface area contributed by atoms with Gasteiger partial charge in [-0.05, 0) is 29.3 Å². The lowest BCUT2D eigenvalue weighted by Gasteiger charge is -2.08. The van der Waals surface area contributed by atoms with Crippen molar-refractivity contribution in [3.05, 3.63) is 98.3 Å². The highest BCUT2D eigenvalue weighted by atomic mass is 19.1. The third kappa shape index (κ3) is 4.06. The van der Waals surface area contributed by atoms with Crippen LogP contribution in [0.5, 0.6) is 5.75 Å². The van der Waals surface area contributed by atoms with Crippen LogP contribution in [-0.2, 0) is 6.61 Å². The molecule has 0 saturated carbocycles. The van der Waals surface area contributed by atoms with Gasteiger partial charge in [-0.2, -0.15) is 4.39 Å². The maximum Gasteiger partial charge on any atom is 0.311 e. The molecule has 3 rings (SSSR count). The van der Waals surface area contributed by atoms with Gasteiger partial charge < -0.3 is 4.74 Å². The number of hydrogen-bond donors (Lipinski definition) is 0. The summed E-state index contributed by atoms with van der Waals surface area (Å²) in [5, 5.41) is 22.1. The van der Waals surface area contributed by atoms with E-state index in [1.807, 2.05) is 30.3 Å². The van der Waals surface area contributed by atoms with E-state index < -0.39 is 27.0 Å². The summed E-state index contributed by atoms with van der Waals surface area (Å²) >= 11 is 0. The van der Waals surface area contributed by atoms with Crippen LogP contribution in [0.2, 0.25) is 0 Å². The minimum absolute atomic E-state index is 0.0290. The second kappa shape index (κ2) is 7.61. The van der Waals surface area contributed by atoms with E-state index in [1.54, 1.807) is 24.3 Å². The van der Waals surface area contributed by atoms with E-state index in [1.165, 1.54) is 0 Å². The molecule has 0 fully saturated rings. The molecule has 0 bridgehead atoms. The average molecular weight is 368 g/mol. The SMILES string of the molecule is O=[N+]([O-])c1cc([N+](=O)[O-])c(-c2ccc(COc3ccccc3)cc2)cc1F. The highest BCUT2D eigenvalue weighted by Gasteiger charge is 2.25. The fraction of sp³-hybridized carbons (Fsp3) is 0.0526. The van der Waals surface area contributed by atoms with Gasteiger partial charge in [0.25, 0.3) is 5.69 Å². The number of nitro groups is 2. The maximum absolute atomic E-state index is 13.9. The number of ether oxygens (including phenoxy) is 1. The van der Waals surface area contributed by atoms with Gasteiger partial charge in [0.15, 0.2) is 0 Å². The van der Waals surface area contributed by atoms with Gasteiger partial charge in [0.2, 0.25) is 5.82 Å². The minimum Gasteiger partial charge on any atom is -0.489 e. The van der Waals surface area contributed by atoms with Gasteiger partial charge >= 0.3 is 5.69 Å². The normalized spacial score (nSPS) is 10.4. The zero-order chi connectivity index (χ0) is 19.4. The summed E-state index contributed by atoms with van der Waals surface area (Å²) in [6.07, 6.45) is 0. The Morgan fingerprint density at radius 1 is 0.852 bits per heavy atom. The number of nitro benzene ring substituents is 2. The number of rotatable bonds is 6. The summed E-state index contributed by atoms with van der Waals surface area (Å²) in [5.41, 5.74) is -0.306. The highest BCUT2D eigenvalue weighted by Crippen LogP contribution is 2.35. The summed E-state index contributed by atoms with van der Waals surface area (Å²) < 4.78 is 19.6. The van der Waals surface area contributed by atoms with Crippen molar-refractivity contribution in [2.75, 3.05) is 0 Å². The molecule has 0 atom stereocenters. The number of nitrogens with zero attached hydrogens (tertiary/aromatic N) is 2. The molecule has 0 heterocycles. The van der Waals surface area contributed by atoms with Crippen molar-refractivity contribution in [1.82, 2.24) is 0 Å². The number of hydrogen-bond acceptors (Lipinski definition) is 5. The fourth-order valence-corrected chi connectivity index (χ4v) is 2.54. The summed E-state index contributed by atoms with van der Waals surface area (Å²) in [5.74, 6) is -0.424. The molecule has 0 N–H and O–H groups in total. The van der Waals surface area contributed by atoms with Crippen molar-refractivity contribution in [3.63, 3.8) is 0 Å². The van der Waals surface area contributed by atoms with Crippen LogP contribution in [0.25, 0.3) is 11.1 Å². The van der Waals surface area contributed by atoms with E-state index in [0.29, 0.717) is 24.0 Å². The molecule has 0 spiro atoms. The molecule has 136 valence electrons. The summed E-state index contributed by atoms with van der Waals surface area (Å²) in [6, 6.07) is 17.2. The van der Waals surface area contributed by atoms with Gasteiger partial charge in [-0.3, -0.25) is 20.2 Å². The van der Waals surface area contributed by atoms with Crippen LogP contribution < -0.4 is 4.74 Å². The number of halogens is 1. The summed E-state index contributed by atoms with van der Waals surface area (Å²) in [4.78, 5) is 20.3. The molecule has 3 aromatic carbocycles. The molecule has 0 radical (unpaired) electrons. The molecule has 0 unspecified atom stereocenters. The maximum atomic E-state index is 13.9. The second-order valence-corrected chi connectivity index (χ2v) is 5.63. The third-order valence-corrected chi connectivity index (χ3v) is 3.87. The summed E-state index contributed by atoms with van der Waals surface area (Å²) in [6.45, 7) is 0.293. The van der Waals surface area contributed by atoms with Gasteiger partial charge in [0.05, 0.1) is 21.5 Å². The Balaban J connectivity index is 1.87. The first kappa shape index (κ1) is 18.0. The lowest BCUT2D eigenvalue weighted by atomic mass is 10.0. The largest absolute Gasteiger partial charge is 0.489 e. The Morgan fingerprint density at radius 2 is 1.48 bits per heavy atom. The fourth-order valence-electron chi connectivity index (χ4n) is 2.54. The van der Waals surface area contributed by atoms with Crippen LogP contribution in [-0.4, -0.2) is 9.85 Å². The number of para-hydroxylation sites is 1. The topological polar surface area (TPSA) is 95.5 Å². The van der Waals surface area contributed by atoms with Gasteiger partial charge in [-0.15, -0.1) is 0 Å². The second-order valence-electron chi connectivity index (χ2n) is 5.63. The summed E-state index contributed by atoms with van der Waals surface area (Å²) in [7, 11) is 0. The van der Waals surface area contributed by atoms with Crippen molar-refractivity contribution in [3.8, 4) is 16.9 Å². The lowest BCUT2D eigenvalue weighted by Crippen LogP contribution is -1.99. The Bertz CT molecular complexity index is 991. The lowest BCUT2D eigenvalue weighted by molar-refractivity contribution is -0.395. The van der Waals surface area contributed by atoms with Gasteiger partial charge in [0.1, 0.15) is 12.4 Å². The van der Waals surface area contributed by atoms with E-state index in [4.69, 9.17) is 4.74 Å². The Hall–Kier alpha value is -3.81. The third-order valence-electron chi connectivity index (χ3n) is 3.87. The first-order chi connectivity index (χ1) is 13.0. The van der Waals surface area contributed by atoms with E-state index >= 15 is 0 Å². The molecular weight excluding hydrogens is 355 g/mol. The molecule has 0 aliphatic heterocycles. The quantitative estimate of drug-likeness (QED) is 0.456. The first-order valence-corrected chi connectivity index (χ1v) is 7.85. The van der Waals surface area contributed by atoms with Crippen molar-refractivity contribution in [2.24, 2.45) is 0 Å². The molecule has 0 aliphatic carbocycles. The monoisotopic (exact) mass is 368 g/mol. The van der Waals surface area contributed by atoms with Crippen LogP contribution in [0, 0.1) is 26.0 Å². The van der Waals surface area contributed by atoms with Gasteiger partial charge in [-0.25, -0.2) is 0 Å². The van der Waals surface area contributed by atoms with E-state index in [0.717, 1.165) is 11.6 Å². The molecule has 3 aromatic rings. The zero-order valence-corrected chi connectivity index (χ0v) is 13.9. The molecule has 8 heteroatoms. The van der Waals surface area contributed by atoms with Crippen molar-refractivity contribution in [2.45, 2.75) is 6.61 Å². The van der Waals surface area contributed by atoms with Crippen LogP contribution in [0.1, 0.15) is 5.56 Å². The molecule has 7 nitrogen and oxygen atoms in total. The van der Waals surface area contributed by atoms with Crippen LogP contribution in [0.4, 0.5) is 15.8 Å². The Morgan fingerprint density at radius 3 is 2.07 bits per heavy atom. The first-order valence-electron chi connectivity index (χ1n) is 7.85. The van der Waals surface area contributed by atoms with E-state index in [9.17, 15) is 24.6 Å². The Labute approximate surface area is 152 Å². The molecule has 0 saturated heterocycles. The van der Waals surface area contributed by atoms with Crippen molar-refractivity contribution < 1.29 is 19.0 Å². The molecule has 0 aliphatic rings. The molecule has 0 amide bonds. The van der Waals surface area contributed by atoms with Crippen molar-refractivity contribution in [1.29, 1.82) is 0 Å². The van der Waals surface area contributed by atoms with E-state index in [-0.39, 0.29) is 5.56 Å². The van der Waals surface area contributed by atoms with E-state index in [2.05, 4.69) is 0 Å². The smallest absolute Gasteiger partial charge is 0.311 e. The Kier molecular flexibility index (Phi) is 5.07. The molecule has 27 heavy (non-hydrogen) atoms. The minimum atomic E-state index is -1.13. The number of benzene rings is 3. The van der Waals surface area contributed by atoms with Gasteiger partial charge in [0, 0.05) is 0 Å². The molecular formula is C19H13FN2O5. The van der Waals surface area contributed by atoms with Crippen LogP contribution in [0.15, 0.2) is 66.7 Å². The van der Waals surface area contributed by atoms with Gasteiger partial charge in [-0.1, -0.05) is 42.5 Å². The molecule has 0 aromatic heterocycles.